The van der Waals surface area contributed by atoms with Crippen LogP contribution in [0.3, 0.4) is 0 Å². The predicted octanol–water partition coefficient (Wildman–Crippen LogP) is 2.78. The van der Waals surface area contributed by atoms with Crippen LogP contribution >= 0.6 is 15.9 Å². The Morgan fingerprint density at radius 3 is 3.00 bits per heavy atom. The van der Waals surface area contributed by atoms with Gasteiger partial charge in [0.25, 0.3) is 0 Å². The molecule has 0 fully saturated rings. The molecular formula is C13H16BrNO2. The van der Waals surface area contributed by atoms with Gasteiger partial charge in [0.1, 0.15) is 0 Å². The molecule has 4 heteroatoms. The Morgan fingerprint density at radius 1 is 1.41 bits per heavy atom. The van der Waals surface area contributed by atoms with Gasteiger partial charge >= 0.3 is 0 Å². The lowest BCUT2D eigenvalue weighted by molar-refractivity contribution is -0.116. The van der Waals surface area contributed by atoms with Gasteiger partial charge in [-0.1, -0.05) is 28.1 Å². The van der Waals surface area contributed by atoms with Crippen molar-refractivity contribution < 1.29 is 9.90 Å². The summed E-state index contributed by atoms with van der Waals surface area (Å²) in [5.41, 5.74) is 2.89. The third-order valence-electron chi connectivity index (χ3n) is 3.03. The van der Waals surface area contributed by atoms with Gasteiger partial charge in [0.2, 0.25) is 5.91 Å². The van der Waals surface area contributed by atoms with E-state index in [1.54, 1.807) is 0 Å². The Morgan fingerprint density at radius 2 is 2.24 bits per heavy atom. The predicted molar refractivity (Wildman–Crippen MR) is 71.4 cm³/mol. The maximum absolute atomic E-state index is 11.3. The Hall–Kier alpha value is -0.870. The lowest BCUT2D eigenvalue weighted by Gasteiger charge is -2.19. The van der Waals surface area contributed by atoms with Gasteiger partial charge in [0.15, 0.2) is 0 Å². The summed E-state index contributed by atoms with van der Waals surface area (Å²) in [5.74, 6) is 0.0598. The van der Waals surface area contributed by atoms with E-state index in [0.29, 0.717) is 6.42 Å². The van der Waals surface area contributed by atoms with Gasteiger partial charge in [-0.3, -0.25) is 4.79 Å². The first-order valence-electron chi connectivity index (χ1n) is 5.87. The normalized spacial score (nSPS) is 16.2. The number of hydrogen-bond acceptors (Lipinski definition) is 2. The van der Waals surface area contributed by atoms with Crippen LogP contribution in [0, 0.1) is 0 Å². The van der Waals surface area contributed by atoms with Gasteiger partial charge in [-0.25, -0.2) is 0 Å². The number of aliphatic hydroxyl groups is 1. The van der Waals surface area contributed by atoms with Crippen LogP contribution in [0.5, 0.6) is 0 Å². The van der Waals surface area contributed by atoms with E-state index in [1.807, 2.05) is 18.2 Å². The highest BCUT2D eigenvalue weighted by molar-refractivity contribution is 9.09. The van der Waals surface area contributed by atoms with E-state index in [9.17, 15) is 9.90 Å². The third kappa shape index (κ3) is 3.07. The summed E-state index contributed by atoms with van der Waals surface area (Å²) in [7, 11) is 0. The fraction of sp³-hybridized carbons (Fsp3) is 0.462. The number of aliphatic hydroxyl groups excluding tert-OH is 1. The van der Waals surface area contributed by atoms with Crippen molar-refractivity contribution >= 4 is 27.5 Å². The van der Waals surface area contributed by atoms with E-state index in [2.05, 4.69) is 21.2 Å². The van der Waals surface area contributed by atoms with Crippen LogP contribution in [0.15, 0.2) is 18.2 Å². The molecular weight excluding hydrogens is 282 g/mol. The van der Waals surface area contributed by atoms with Crippen molar-refractivity contribution in [1.29, 1.82) is 0 Å². The average molecular weight is 298 g/mol. The van der Waals surface area contributed by atoms with Crippen LogP contribution in [0.25, 0.3) is 0 Å². The smallest absolute Gasteiger partial charge is 0.224 e. The van der Waals surface area contributed by atoms with Crippen molar-refractivity contribution in [2.24, 2.45) is 0 Å². The van der Waals surface area contributed by atoms with Gasteiger partial charge in [-0.15, -0.1) is 0 Å². The zero-order valence-electron chi connectivity index (χ0n) is 9.58. The molecule has 1 amide bonds. The summed E-state index contributed by atoms with van der Waals surface area (Å²) in [6.07, 6.45) is 2.57. The Balaban J connectivity index is 2.14. The lowest BCUT2D eigenvalue weighted by atomic mass is 9.97. The topological polar surface area (TPSA) is 49.3 Å². The minimum Gasteiger partial charge on any atom is -0.388 e. The van der Waals surface area contributed by atoms with E-state index >= 15 is 0 Å². The Bertz CT molecular complexity index is 420. The molecule has 1 aromatic carbocycles. The number of alkyl halides is 1. The molecule has 17 heavy (non-hydrogen) atoms. The molecule has 0 aliphatic carbocycles. The van der Waals surface area contributed by atoms with Crippen molar-refractivity contribution in [3.63, 3.8) is 0 Å². The number of carbonyl (C=O) groups excluding carboxylic acids is 1. The summed E-state index contributed by atoms with van der Waals surface area (Å²) in [4.78, 5) is 11.3. The fourth-order valence-electron chi connectivity index (χ4n) is 2.03. The number of carbonyl (C=O) groups is 1. The second kappa shape index (κ2) is 5.65. The number of nitrogens with one attached hydrogen (secondary N) is 1. The molecule has 1 atom stereocenters. The monoisotopic (exact) mass is 297 g/mol. The number of anilines is 1. The SMILES string of the molecule is O=C1CCc2ccc([C@H](O)CCCBr)cc2N1. The highest BCUT2D eigenvalue weighted by Crippen LogP contribution is 2.28. The number of hydrogen-bond donors (Lipinski definition) is 2. The number of rotatable bonds is 4. The van der Waals surface area contributed by atoms with Crippen LogP contribution in [-0.2, 0) is 11.2 Å². The summed E-state index contributed by atoms with van der Waals surface area (Å²) in [6.45, 7) is 0. The lowest BCUT2D eigenvalue weighted by Crippen LogP contribution is -2.19. The maximum Gasteiger partial charge on any atom is 0.224 e. The molecule has 1 heterocycles. The zero-order chi connectivity index (χ0) is 12.3. The largest absolute Gasteiger partial charge is 0.388 e. The molecule has 3 nitrogen and oxygen atoms in total. The summed E-state index contributed by atoms with van der Waals surface area (Å²) in [6, 6.07) is 5.85. The highest BCUT2D eigenvalue weighted by Gasteiger charge is 2.16. The number of amides is 1. The maximum atomic E-state index is 11.3. The van der Waals surface area contributed by atoms with Gasteiger partial charge in [0, 0.05) is 17.4 Å². The van der Waals surface area contributed by atoms with E-state index in [1.165, 1.54) is 0 Å². The van der Waals surface area contributed by atoms with Gasteiger partial charge < -0.3 is 10.4 Å². The highest BCUT2D eigenvalue weighted by atomic mass is 79.9. The number of benzene rings is 1. The number of aryl methyl sites for hydroxylation is 1. The standard InChI is InChI=1S/C13H16BrNO2/c14-7-1-2-12(16)10-4-3-9-5-6-13(17)15-11(9)8-10/h3-4,8,12,16H,1-2,5-7H2,(H,15,17)/t12-/m1/s1. The molecule has 0 bridgehead atoms. The summed E-state index contributed by atoms with van der Waals surface area (Å²) >= 11 is 3.35. The van der Waals surface area contributed by atoms with Crippen LogP contribution in [0.2, 0.25) is 0 Å². The van der Waals surface area contributed by atoms with Crippen molar-refractivity contribution in [3.05, 3.63) is 29.3 Å². The van der Waals surface area contributed by atoms with Crippen molar-refractivity contribution in [2.75, 3.05) is 10.6 Å². The minimum absolute atomic E-state index is 0.0598. The average Bonchev–Trinajstić information content (AvgIpc) is 2.35. The summed E-state index contributed by atoms with van der Waals surface area (Å²) < 4.78 is 0. The van der Waals surface area contributed by atoms with Crippen LogP contribution in [0.1, 0.15) is 36.5 Å². The second-order valence-electron chi connectivity index (χ2n) is 4.31. The van der Waals surface area contributed by atoms with Gasteiger partial charge in [-0.05, 0) is 36.5 Å². The van der Waals surface area contributed by atoms with Crippen molar-refractivity contribution in [2.45, 2.75) is 31.8 Å². The molecule has 0 aromatic heterocycles. The molecule has 1 aromatic rings. The second-order valence-corrected chi connectivity index (χ2v) is 5.10. The molecule has 1 aliphatic rings. The number of halogens is 1. The first kappa shape index (κ1) is 12.6. The quantitative estimate of drug-likeness (QED) is 0.840. The third-order valence-corrected chi connectivity index (χ3v) is 3.59. The molecule has 2 N–H and O–H groups in total. The first-order valence-corrected chi connectivity index (χ1v) is 6.99. The zero-order valence-corrected chi connectivity index (χ0v) is 11.2. The van der Waals surface area contributed by atoms with Gasteiger partial charge in [-0.2, -0.15) is 0 Å². The molecule has 92 valence electrons. The Labute approximate surface area is 109 Å². The van der Waals surface area contributed by atoms with Crippen molar-refractivity contribution in [1.82, 2.24) is 0 Å². The van der Waals surface area contributed by atoms with Crippen molar-refractivity contribution in [3.8, 4) is 0 Å². The molecule has 2 rings (SSSR count). The molecule has 0 unspecified atom stereocenters. The van der Waals surface area contributed by atoms with Gasteiger partial charge in [0.05, 0.1) is 6.10 Å². The Kier molecular flexibility index (Phi) is 4.18. The molecule has 0 spiro atoms. The molecule has 0 saturated heterocycles. The van der Waals surface area contributed by atoms with Crippen LogP contribution in [0.4, 0.5) is 5.69 Å². The van der Waals surface area contributed by atoms with E-state index in [-0.39, 0.29) is 5.91 Å². The fourth-order valence-corrected chi connectivity index (χ4v) is 2.36. The summed E-state index contributed by atoms with van der Waals surface area (Å²) in [5, 5.41) is 13.7. The van der Waals surface area contributed by atoms with Crippen LogP contribution in [-0.4, -0.2) is 16.3 Å². The minimum atomic E-state index is -0.448. The van der Waals surface area contributed by atoms with E-state index in [4.69, 9.17) is 0 Å². The van der Waals surface area contributed by atoms with E-state index in [0.717, 1.165) is 41.4 Å². The molecule has 0 saturated carbocycles. The number of fused-ring (bicyclic) bond motifs is 1. The molecule has 0 radical (unpaired) electrons. The van der Waals surface area contributed by atoms with E-state index < -0.39 is 6.10 Å². The first-order chi connectivity index (χ1) is 8.20. The van der Waals surface area contributed by atoms with Crippen LogP contribution < -0.4 is 5.32 Å². The molecule has 1 aliphatic heterocycles.